The van der Waals surface area contributed by atoms with E-state index in [0.717, 1.165) is 11.4 Å². The fourth-order valence-corrected chi connectivity index (χ4v) is 1.04. The molecule has 0 atom stereocenters. The van der Waals surface area contributed by atoms with Crippen LogP contribution in [0.2, 0.25) is 0 Å². The first-order valence-electron chi connectivity index (χ1n) is 4.27. The second kappa shape index (κ2) is 4.07. The Balaban J connectivity index is 2.55. The van der Waals surface area contributed by atoms with Crippen LogP contribution in [0.15, 0.2) is 0 Å². The fraction of sp³-hybridized carbons (Fsp3) is 0.556. The third kappa shape index (κ3) is 2.31. The van der Waals surface area contributed by atoms with Crippen molar-refractivity contribution in [3.05, 3.63) is 17.7 Å². The SMILES string of the molecule is CNC(=O)CCn1[c]nc(C)c1C. The minimum atomic E-state index is 0.0409. The topological polar surface area (TPSA) is 46.9 Å². The zero-order valence-electron chi connectivity index (χ0n) is 8.22. The molecule has 4 nitrogen and oxygen atoms in total. The van der Waals surface area contributed by atoms with Crippen molar-refractivity contribution in [3.8, 4) is 0 Å². The van der Waals surface area contributed by atoms with E-state index in [1.807, 2.05) is 18.4 Å². The van der Waals surface area contributed by atoms with Crippen molar-refractivity contribution >= 4 is 5.91 Å². The molecule has 0 aliphatic carbocycles. The van der Waals surface area contributed by atoms with Gasteiger partial charge in [-0.05, 0) is 13.8 Å². The lowest BCUT2D eigenvalue weighted by molar-refractivity contribution is -0.120. The standard InChI is InChI=1S/C9H14N3O/c1-7-8(2)12(6-11-7)5-4-9(13)10-3/h4-5H2,1-3H3,(H,10,13). The minimum absolute atomic E-state index is 0.0409. The maximum absolute atomic E-state index is 10.9. The monoisotopic (exact) mass is 180 g/mol. The number of imidazole rings is 1. The number of carbonyl (C=O) groups excluding carboxylic acids is 1. The van der Waals surface area contributed by atoms with Gasteiger partial charge in [-0.3, -0.25) is 4.79 Å². The Labute approximate surface area is 78.0 Å². The van der Waals surface area contributed by atoms with Crippen molar-refractivity contribution in [1.29, 1.82) is 0 Å². The molecule has 1 radical (unpaired) electrons. The molecule has 0 aliphatic heterocycles. The van der Waals surface area contributed by atoms with E-state index in [4.69, 9.17) is 0 Å². The molecule has 0 spiro atoms. The summed E-state index contributed by atoms with van der Waals surface area (Å²) in [5.74, 6) is 0.0409. The molecule has 0 aromatic carbocycles. The van der Waals surface area contributed by atoms with Crippen LogP contribution in [0.1, 0.15) is 17.8 Å². The van der Waals surface area contributed by atoms with Crippen molar-refractivity contribution in [1.82, 2.24) is 14.9 Å². The second-order valence-corrected chi connectivity index (χ2v) is 2.96. The van der Waals surface area contributed by atoms with E-state index in [1.165, 1.54) is 0 Å². The maximum atomic E-state index is 10.9. The molecule has 1 rings (SSSR count). The van der Waals surface area contributed by atoms with Crippen LogP contribution in [0.3, 0.4) is 0 Å². The van der Waals surface area contributed by atoms with Crippen LogP contribution < -0.4 is 5.32 Å². The summed E-state index contributed by atoms with van der Waals surface area (Å²) in [4.78, 5) is 15.0. The Morgan fingerprint density at radius 2 is 2.31 bits per heavy atom. The normalized spacial score (nSPS) is 10.1. The summed E-state index contributed by atoms with van der Waals surface area (Å²) in [6, 6.07) is 0. The van der Waals surface area contributed by atoms with E-state index in [-0.39, 0.29) is 5.91 Å². The number of nitrogens with one attached hydrogen (secondary N) is 1. The summed E-state index contributed by atoms with van der Waals surface area (Å²) in [6.07, 6.45) is 3.32. The molecule has 0 fully saturated rings. The highest BCUT2D eigenvalue weighted by Gasteiger charge is 2.04. The van der Waals surface area contributed by atoms with E-state index in [0.29, 0.717) is 13.0 Å². The Morgan fingerprint density at radius 3 is 2.77 bits per heavy atom. The molecule has 13 heavy (non-hydrogen) atoms. The van der Waals surface area contributed by atoms with E-state index in [1.54, 1.807) is 7.05 Å². The number of aryl methyl sites for hydroxylation is 2. The number of hydrogen-bond donors (Lipinski definition) is 1. The Bertz CT molecular complexity index is 304. The molecule has 0 unspecified atom stereocenters. The number of nitrogens with zero attached hydrogens (tertiary/aromatic N) is 2. The molecule has 0 bridgehead atoms. The van der Waals surface area contributed by atoms with Crippen LogP contribution in [-0.4, -0.2) is 22.5 Å². The third-order valence-corrected chi connectivity index (χ3v) is 2.11. The van der Waals surface area contributed by atoms with E-state index in [9.17, 15) is 4.79 Å². The minimum Gasteiger partial charge on any atom is -0.359 e. The summed E-state index contributed by atoms with van der Waals surface area (Å²) >= 11 is 0. The third-order valence-electron chi connectivity index (χ3n) is 2.11. The van der Waals surface area contributed by atoms with Crippen LogP contribution in [0, 0.1) is 20.2 Å². The van der Waals surface area contributed by atoms with E-state index < -0.39 is 0 Å². The number of carbonyl (C=O) groups is 1. The van der Waals surface area contributed by atoms with Crippen LogP contribution in [0.4, 0.5) is 0 Å². The van der Waals surface area contributed by atoms with Gasteiger partial charge in [0.25, 0.3) is 0 Å². The molecule has 4 heteroatoms. The molecule has 1 aromatic rings. The first-order chi connectivity index (χ1) is 6.15. The molecule has 1 N–H and O–H groups in total. The predicted octanol–water partition coefficient (Wildman–Crippen LogP) is 0.436. The lowest BCUT2D eigenvalue weighted by Crippen LogP contribution is -2.19. The maximum Gasteiger partial charge on any atom is 0.221 e. The first-order valence-corrected chi connectivity index (χ1v) is 4.27. The van der Waals surface area contributed by atoms with Gasteiger partial charge in [0.2, 0.25) is 5.91 Å². The van der Waals surface area contributed by atoms with Gasteiger partial charge >= 0.3 is 0 Å². The number of rotatable bonds is 3. The summed E-state index contributed by atoms with van der Waals surface area (Å²) in [7, 11) is 1.64. The van der Waals surface area contributed by atoms with Crippen molar-refractivity contribution < 1.29 is 4.79 Å². The lowest BCUT2D eigenvalue weighted by atomic mass is 10.3. The molecule has 1 amide bonds. The fourth-order valence-electron chi connectivity index (χ4n) is 1.04. The van der Waals surface area contributed by atoms with Crippen LogP contribution in [-0.2, 0) is 11.3 Å². The Hall–Kier alpha value is -1.32. The number of amides is 1. The largest absolute Gasteiger partial charge is 0.359 e. The first kappa shape index (κ1) is 9.77. The van der Waals surface area contributed by atoms with E-state index in [2.05, 4.69) is 16.6 Å². The average molecular weight is 180 g/mol. The molecular weight excluding hydrogens is 166 g/mol. The highest BCUT2D eigenvalue weighted by Crippen LogP contribution is 2.03. The van der Waals surface area contributed by atoms with Crippen LogP contribution in [0.5, 0.6) is 0 Å². The lowest BCUT2D eigenvalue weighted by Gasteiger charge is -2.03. The summed E-state index contributed by atoms with van der Waals surface area (Å²) in [6.45, 7) is 4.55. The van der Waals surface area contributed by atoms with Crippen LogP contribution in [0.25, 0.3) is 0 Å². The molecule has 0 saturated heterocycles. The zero-order chi connectivity index (χ0) is 9.84. The highest BCUT2D eigenvalue weighted by molar-refractivity contribution is 5.75. The van der Waals surface area contributed by atoms with Gasteiger partial charge in [-0.2, -0.15) is 0 Å². The van der Waals surface area contributed by atoms with Gasteiger partial charge in [0, 0.05) is 25.7 Å². The molecule has 1 heterocycles. The van der Waals surface area contributed by atoms with Gasteiger partial charge < -0.3 is 9.88 Å². The summed E-state index contributed by atoms with van der Waals surface area (Å²) in [5, 5.41) is 2.57. The van der Waals surface area contributed by atoms with Crippen LogP contribution >= 0.6 is 0 Å². The van der Waals surface area contributed by atoms with Crippen molar-refractivity contribution in [2.24, 2.45) is 0 Å². The smallest absolute Gasteiger partial charge is 0.221 e. The highest BCUT2D eigenvalue weighted by atomic mass is 16.1. The van der Waals surface area contributed by atoms with Gasteiger partial charge in [0.15, 0.2) is 6.33 Å². The van der Waals surface area contributed by atoms with Crippen molar-refractivity contribution in [2.45, 2.75) is 26.8 Å². The van der Waals surface area contributed by atoms with Gasteiger partial charge in [0.1, 0.15) is 0 Å². The number of hydrogen-bond acceptors (Lipinski definition) is 2. The molecule has 71 valence electrons. The predicted molar refractivity (Wildman–Crippen MR) is 49.2 cm³/mol. The molecule has 1 aromatic heterocycles. The number of aromatic nitrogens is 2. The Kier molecular flexibility index (Phi) is 3.06. The Morgan fingerprint density at radius 1 is 1.62 bits per heavy atom. The molecule has 0 saturated carbocycles. The van der Waals surface area contributed by atoms with Gasteiger partial charge in [-0.1, -0.05) is 0 Å². The van der Waals surface area contributed by atoms with Crippen molar-refractivity contribution in [2.75, 3.05) is 7.05 Å². The molecular formula is C9H14N3O. The van der Waals surface area contributed by atoms with Crippen molar-refractivity contribution in [3.63, 3.8) is 0 Å². The summed E-state index contributed by atoms with van der Waals surface area (Å²) in [5.41, 5.74) is 2.04. The quantitative estimate of drug-likeness (QED) is 0.733. The molecule has 0 aliphatic rings. The second-order valence-electron chi connectivity index (χ2n) is 2.96. The van der Waals surface area contributed by atoms with Gasteiger partial charge in [-0.25, -0.2) is 4.98 Å². The summed E-state index contributed by atoms with van der Waals surface area (Å²) < 4.78 is 1.87. The average Bonchev–Trinajstić information content (AvgIpc) is 2.44. The van der Waals surface area contributed by atoms with Gasteiger partial charge in [-0.15, -0.1) is 0 Å². The van der Waals surface area contributed by atoms with Gasteiger partial charge in [0.05, 0.1) is 5.69 Å². The zero-order valence-corrected chi connectivity index (χ0v) is 8.22. The van der Waals surface area contributed by atoms with E-state index >= 15 is 0 Å².